The van der Waals surface area contributed by atoms with Gasteiger partial charge in [0.1, 0.15) is 11.4 Å². The van der Waals surface area contributed by atoms with E-state index in [9.17, 15) is 4.39 Å². The van der Waals surface area contributed by atoms with E-state index in [1.807, 2.05) is 31.2 Å². The number of pyridine rings is 1. The molecule has 2 aromatic rings. The van der Waals surface area contributed by atoms with Gasteiger partial charge >= 0.3 is 0 Å². The van der Waals surface area contributed by atoms with Crippen LogP contribution in [-0.2, 0) is 0 Å². The summed E-state index contributed by atoms with van der Waals surface area (Å²) < 4.78 is 14.8. The van der Waals surface area contributed by atoms with Gasteiger partial charge in [0.2, 0.25) is 5.82 Å². The molecule has 0 bridgehead atoms. The number of rotatable bonds is 3. The van der Waals surface area contributed by atoms with E-state index in [4.69, 9.17) is 5.73 Å². The molecule has 3 nitrogen and oxygen atoms in total. The Balaban J connectivity index is 2.36. The number of fused-ring (bicyclic) bond motifs is 1. The molecule has 2 N–H and O–H groups in total. The van der Waals surface area contributed by atoms with Crippen LogP contribution in [0.1, 0.15) is 25.8 Å². The highest BCUT2D eigenvalue weighted by Gasteiger charge is 2.45. The Labute approximate surface area is 124 Å². The first-order chi connectivity index (χ1) is 10.1. The van der Waals surface area contributed by atoms with Gasteiger partial charge in [-0.05, 0) is 12.5 Å². The maximum Gasteiger partial charge on any atom is 0.202 e. The number of aromatic nitrogens is 1. The molecule has 0 aliphatic carbocycles. The average Bonchev–Trinajstić information content (AvgIpc) is 2.72. The number of para-hydroxylation sites is 1. The molecule has 1 aliphatic rings. The van der Waals surface area contributed by atoms with Crippen LogP contribution in [0.4, 0.5) is 15.8 Å². The SMILES string of the molecule is CCC[N+]1(c2ccncc2F)C(C)=C(N)c2ccccc21. The van der Waals surface area contributed by atoms with Gasteiger partial charge < -0.3 is 5.73 Å². The van der Waals surface area contributed by atoms with Crippen LogP contribution >= 0.6 is 0 Å². The molecule has 0 spiro atoms. The van der Waals surface area contributed by atoms with Gasteiger partial charge in [0, 0.05) is 25.3 Å². The first-order valence-electron chi connectivity index (χ1n) is 7.18. The van der Waals surface area contributed by atoms with E-state index in [2.05, 4.69) is 11.9 Å². The predicted octanol–water partition coefficient (Wildman–Crippen LogP) is 3.93. The van der Waals surface area contributed by atoms with E-state index >= 15 is 0 Å². The average molecular weight is 284 g/mol. The summed E-state index contributed by atoms with van der Waals surface area (Å²) in [6.45, 7) is 4.86. The van der Waals surface area contributed by atoms with Gasteiger partial charge in [-0.3, -0.25) is 4.98 Å². The lowest BCUT2D eigenvalue weighted by molar-refractivity contribution is 0.447. The molecule has 2 heterocycles. The van der Waals surface area contributed by atoms with Gasteiger partial charge in [-0.1, -0.05) is 19.1 Å². The Kier molecular flexibility index (Phi) is 3.26. The quantitative estimate of drug-likeness (QED) is 0.867. The Morgan fingerprint density at radius 3 is 2.67 bits per heavy atom. The van der Waals surface area contributed by atoms with Gasteiger partial charge in [0.15, 0.2) is 11.4 Å². The number of quaternary nitrogens is 1. The summed E-state index contributed by atoms with van der Waals surface area (Å²) >= 11 is 0. The van der Waals surface area contributed by atoms with Crippen molar-refractivity contribution in [2.24, 2.45) is 5.73 Å². The van der Waals surface area contributed by atoms with Crippen molar-refractivity contribution < 1.29 is 4.39 Å². The summed E-state index contributed by atoms with van der Waals surface area (Å²) in [6.07, 6.45) is 3.83. The molecule has 1 atom stereocenters. The number of nitrogens with two attached hydrogens (primary N) is 1. The highest BCUT2D eigenvalue weighted by Crippen LogP contribution is 2.49. The second-order valence-corrected chi connectivity index (χ2v) is 5.38. The number of nitrogens with zero attached hydrogens (tertiary/aromatic N) is 2. The van der Waals surface area contributed by atoms with Gasteiger partial charge in [-0.25, -0.2) is 4.48 Å². The zero-order valence-electron chi connectivity index (χ0n) is 12.3. The van der Waals surface area contributed by atoms with Crippen LogP contribution < -0.4 is 10.2 Å². The maximum atomic E-state index is 14.5. The zero-order chi connectivity index (χ0) is 15.0. The molecule has 108 valence electrons. The third kappa shape index (κ3) is 1.79. The monoisotopic (exact) mass is 284 g/mol. The van der Waals surface area contributed by atoms with Gasteiger partial charge in [-0.15, -0.1) is 0 Å². The Morgan fingerprint density at radius 2 is 1.95 bits per heavy atom. The van der Waals surface area contributed by atoms with E-state index in [1.165, 1.54) is 6.20 Å². The molecule has 0 saturated heterocycles. The lowest BCUT2D eigenvalue weighted by atomic mass is 10.1. The van der Waals surface area contributed by atoms with E-state index in [-0.39, 0.29) is 5.82 Å². The van der Waals surface area contributed by atoms with Crippen LogP contribution in [0.2, 0.25) is 0 Å². The van der Waals surface area contributed by atoms with Gasteiger partial charge in [-0.2, -0.15) is 4.39 Å². The zero-order valence-corrected chi connectivity index (χ0v) is 12.3. The van der Waals surface area contributed by atoms with E-state index in [0.29, 0.717) is 10.2 Å². The summed E-state index contributed by atoms with van der Waals surface area (Å²) in [5.41, 5.74) is 10.7. The third-order valence-electron chi connectivity index (χ3n) is 4.29. The Morgan fingerprint density at radius 1 is 1.19 bits per heavy atom. The molecule has 1 aliphatic heterocycles. The minimum atomic E-state index is -0.296. The molecule has 0 fully saturated rings. The fourth-order valence-electron chi connectivity index (χ4n) is 3.35. The van der Waals surface area contributed by atoms with E-state index in [0.717, 1.165) is 35.6 Å². The lowest BCUT2D eigenvalue weighted by Gasteiger charge is -2.35. The molecule has 1 unspecified atom stereocenters. The molecule has 1 aromatic carbocycles. The Hall–Kier alpha value is -2.20. The summed E-state index contributed by atoms with van der Waals surface area (Å²) in [7, 11) is 0. The second-order valence-electron chi connectivity index (χ2n) is 5.38. The van der Waals surface area contributed by atoms with Crippen LogP contribution in [0.3, 0.4) is 0 Å². The van der Waals surface area contributed by atoms with Crippen molar-refractivity contribution in [2.75, 3.05) is 6.54 Å². The first kappa shape index (κ1) is 13.8. The van der Waals surface area contributed by atoms with Crippen molar-refractivity contribution in [1.82, 2.24) is 9.47 Å². The Bertz CT molecular complexity index is 723. The van der Waals surface area contributed by atoms with E-state index in [1.54, 1.807) is 12.3 Å². The van der Waals surface area contributed by atoms with Crippen molar-refractivity contribution in [3.63, 3.8) is 0 Å². The van der Waals surface area contributed by atoms with Crippen LogP contribution in [0, 0.1) is 5.82 Å². The van der Waals surface area contributed by atoms with Crippen LogP contribution in [-0.4, -0.2) is 11.5 Å². The number of hydrogen-bond donors (Lipinski definition) is 1. The van der Waals surface area contributed by atoms with Crippen molar-refractivity contribution in [2.45, 2.75) is 20.3 Å². The number of hydrogen-bond acceptors (Lipinski definition) is 2. The number of allylic oxidation sites excluding steroid dienone is 1. The predicted molar refractivity (Wildman–Crippen MR) is 84.0 cm³/mol. The molecule has 3 rings (SSSR count). The van der Waals surface area contributed by atoms with Crippen LogP contribution in [0.25, 0.3) is 5.70 Å². The highest BCUT2D eigenvalue weighted by molar-refractivity contribution is 5.87. The largest absolute Gasteiger partial charge is 0.394 e. The summed E-state index contributed by atoms with van der Waals surface area (Å²) in [5.74, 6) is -0.296. The van der Waals surface area contributed by atoms with Gasteiger partial charge in [0.05, 0.1) is 18.3 Å². The maximum absolute atomic E-state index is 14.5. The standard InChI is InChI=1S/C17H19FN3/c1-3-10-21(16-8-9-20-11-14(16)18)12(2)17(19)13-6-4-5-7-15(13)21/h4-9,11H,3,10,19H2,1-2H3/q+1. The molecule has 0 saturated carbocycles. The van der Waals surface area contributed by atoms with Crippen molar-refractivity contribution in [1.29, 1.82) is 0 Å². The molecular formula is C17H19FN3+. The fourth-order valence-corrected chi connectivity index (χ4v) is 3.35. The van der Waals surface area contributed by atoms with Crippen molar-refractivity contribution in [3.8, 4) is 0 Å². The number of benzene rings is 1. The second kappa shape index (κ2) is 4.97. The normalized spacial score (nSPS) is 20.7. The lowest BCUT2D eigenvalue weighted by Crippen LogP contribution is -2.42. The molecular weight excluding hydrogens is 265 g/mol. The van der Waals surface area contributed by atoms with Crippen LogP contribution in [0.5, 0.6) is 0 Å². The van der Waals surface area contributed by atoms with E-state index < -0.39 is 0 Å². The topological polar surface area (TPSA) is 38.9 Å². The summed E-state index contributed by atoms with van der Waals surface area (Å²) in [5, 5.41) is 0. The minimum Gasteiger partial charge on any atom is -0.394 e. The van der Waals surface area contributed by atoms with Gasteiger partial charge in [0.25, 0.3) is 0 Å². The van der Waals surface area contributed by atoms with Crippen molar-refractivity contribution >= 4 is 17.1 Å². The summed E-state index contributed by atoms with van der Waals surface area (Å²) in [6, 6.07) is 9.74. The third-order valence-corrected chi connectivity index (χ3v) is 4.29. The molecule has 4 heteroatoms. The number of halogens is 1. The molecule has 21 heavy (non-hydrogen) atoms. The fraction of sp³-hybridized carbons (Fsp3) is 0.235. The molecule has 0 amide bonds. The molecule has 0 radical (unpaired) electrons. The minimum absolute atomic E-state index is 0.296. The van der Waals surface area contributed by atoms with Crippen LogP contribution in [0.15, 0.2) is 48.4 Å². The first-order valence-corrected chi connectivity index (χ1v) is 7.18. The summed E-state index contributed by atoms with van der Waals surface area (Å²) in [4.78, 5) is 3.88. The highest BCUT2D eigenvalue weighted by atomic mass is 19.1. The molecule has 1 aromatic heterocycles. The van der Waals surface area contributed by atoms with Crippen molar-refractivity contribution in [3.05, 3.63) is 59.8 Å². The smallest absolute Gasteiger partial charge is 0.202 e.